The molecule has 5 nitrogen and oxygen atoms in total. The van der Waals surface area contributed by atoms with Crippen LogP contribution < -0.4 is 4.74 Å². The summed E-state index contributed by atoms with van der Waals surface area (Å²) in [6.07, 6.45) is 2.81. The highest BCUT2D eigenvalue weighted by molar-refractivity contribution is 6.31. The average molecular weight is 370 g/mol. The molecule has 0 N–H and O–H groups in total. The summed E-state index contributed by atoms with van der Waals surface area (Å²) in [5.74, 6) is 0.586. The van der Waals surface area contributed by atoms with Gasteiger partial charge in [0.15, 0.2) is 0 Å². The van der Waals surface area contributed by atoms with Crippen LogP contribution in [0.3, 0.4) is 0 Å². The highest BCUT2D eigenvalue weighted by Gasteiger charge is 2.26. The van der Waals surface area contributed by atoms with Crippen molar-refractivity contribution in [2.24, 2.45) is 0 Å². The van der Waals surface area contributed by atoms with E-state index < -0.39 is 11.9 Å². The van der Waals surface area contributed by atoms with E-state index in [1.54, 1.807) is 36.7 Å². The van der Waals surface area contributed by atoms with Crippen molar-refractivity contribution in [3.05, 3.63) is 77.1 Å². The summed E-state index contributed by atoms with van der Waals surface area (Å²) in [7, 11) is 0. The molecule has 1 amide bonds. The third kappa shape index (κ3) is 3.23. The maximum absolute atomic E-state index is 13.4. The minimum atomic E-state index is -0.462. The van der Waals surface area contributed by atoms with Crippen LogP contribution in [0, 0.1) is 5.82 Å². The Bertz CT molecular complexity index is 982. The van der Waals surface area contributed by atoms with Crippen molar-refractivity contribution < 1.29 is 13.9 Å². The first-order valence-corrected chi connectivity index (χ1v) is 8.29. The summed E-state index contributed by atoms with van der Waals surface area (Å²) in [4.78, 5) is 22.0. The molecule has 4 rings (SSSR count). The van der Waals surface area contributed by atoms with Gasteiger partial charge in [-0.2, -0.15) is 0 Å². The van der Waals surface area contributed by atoms with Gasteiger partial charge in [-0.1, -0.05) is 23.7 Å². The Morgan fingerprint density at radius 1 is 1.12 bits per heavy atom. The lowest BCUT2D eigenvalue weighted by Crippen LogP contribution is -2.36. The SMILES string of the molecule is O=C1Oc2ccc(-c3ccc(F)c(Cl)c3)cc2CN1Cc1ncccn1. The summed E-state index contributed by atoms with van der Waals surface area (Å²) in [6, 6.07) is 11.7. The van der Waals surface area contributed by atoms with Gasteiger partial charge in [0.25, 0.3) is 0 Å². The third-order valence-corrected chi connectivity index (χ3v) is 4.37. The molecule has 0 saturated carbocycles. The molecule has 1 aliphatic heterocycles. The van der Waals surface area contributed by atoms with Crippen molar-refractivity contribution in [2.75, 3.05) is 0 Å². The van der Waals surface area contributed by atoms with Crippen molar-refractivity contribution in [1.82, 2.24) is 14.9 Å². The first-order chi connectivity index (χ1) is 12.6. The highest BCUT2D eigenvalue weighted by atomic mass is 35.5. The van der Waals surface area contributed by atoms with E-state index in [0.29, 0.717) is 18.1 Å². The van der Waals surface area contributed by atoms with E-state index in [4.69, 9.17) is 16.3 Å². The number of aromatic nitrogens is 2. The molecule has 1 aromatic heterocycles. The predicted molar refractivity (Wildman–Crippen MR) is 94.1 cm³/mol. The molecule has 26 heavy (non-hydrogen) atoms. The standard InChI is InChI=1S/C19H13ClFN3O2/c20-15-9-13(2-4-16(15)21)12-3-5-17-14(8-12)10-24(19(25)26-17)11-18-22-6-1-7-23-18/h1-9H,10-11H2. The van der Waals surface area contributed by atoms with Gasteiger partial charge in [0.05, 0.1) is 18.1 Å². The van der Waals surface area contributed by atoms with Crippen LogP contribution in [0.4, 0.5) is 9.18 Å². The van der Waals surface area contributed by atoms with E-state index in [2.05, 4.69) is 9.97 Å². The number of hydrogen-bond donors (Lipinski definition) is 0. The summed E-state index contributed by atoms with van der Waals surface area (Å²) in [6.45, 7) is 0.626. The number of carbonyl (C=O) groups excluding carboxylic acids is 1. The van der Waals surface area contributed by atoms with Crippen LogP contribution in [0.1, 0.15) is 11.4 Å². The second-order valence-corrected chi connectivity index (χ2v) is 6.25. The highest BCUT2D eigenvalue weighted by Crippen LogP contribution is 2.32. The van der Waals surface area contributed by atoms with Gasteiger partial charge in [-0.3, -0.25) is 4.90 Å². The Hall–Kier alpha value is -2.99. The van der Waals surface area contributed by atoms with Gasteiger partial charge in [-0.05, 0) is 41.5 Å². The maximum atomic E-state index is 13.4. The summed E-state index contributed by atoms with van der Waals surface area (Å²) in [5.41, 5.74) is 2.49. The van der Waals surface area contributed by atoms with Crippen LogP contribution in [0.2, 0.25) is 5.02 Å². The molecule has 3 aromatic rings. The summed E-state index contributed by atoms with van der Waals surface area (Å²) >= 11 is 5.87. The Balaban J connectivity index is 1.62. The minimum absolute atomic E-state index is 0.0644. The van der Waals surface area contributed by atoms with E-state index in [0.717, 1.165) is 16.7 Å². The number of amides is 1. The van der Waals surface area contributed by atoms with Crippen molar-refractivity contribution in [2.45, 2.75) is 13.1 Å². The third-order valence-electron chi connectivity index (χ3n) is 4.08. The lowest BCUT2D eigenvalue weighted by molar-refractivity contribution is 0.134. The molecule has 0 atom stereocenters. The molecule has 1 aliphatic rings. The Kier molecular flexibility index (Phi) is 4.26. The predicted octanol–water partition coefficient (Wildman–Crippen LogP) is 4.45. The normalized spacial score (nSPS) is 13.3. The Labute approximate surface area is 154 Å². The number of nitrogens with zero attached hydrogens (tertiary/aromatic N) is 3. The Morgan fingerprint density at radius 2 is 1.85 bits per heavy atom. The van der Waals surface area contributed by atoms with Gasteiger partial charge in [0.1, 0.15) is 17.4 Å². The number of ether oxygens (including phenoxy) is 1. The zero-order chi connectivity index (χ0) is 18.1. The van der Waals surface area contributed by atoms with Crippen LogP contribution >= 0.6 is 11.6 Å². The molecular formula is C19H13ClFN3O2. The number of hydrogen-bond acceptors (Lipinski definition) is 4. The van der Waals surface area contributed by atoms with Gasteiger partial charge in [0.2, 0.25) is 0 Å². The van der Waals surface area contributed by atoms with Gasteiger partial charge in [-0.25, -0.2) is 19.2 Å². The molecule has 130 valence electrons. The van der Waals surface area contributed by atoms with Gasteiger partial charge < -0.3 is 4.74 Å². The van der Waals surface area contributed by atoms with Crippen LogP contribution in [0.5, 0.6) is 5.75 Å². The van der Waals surface area contributed by atoms with Crippen LogP contribution in [-0.2, 0) is 13.1 Å². The van der Waals surface area contributed by atoms with E-state index in [9.17, 15) is 9.18 Å². The van der Waals surface area contributed by atoms with E-state index in [1.807, 2.05) is 12.1 Å². The van der Waals surface area contributed by atoms with Crippen LogP contribution in [-0.4, -0.2) is 21.0 Å². The molecule has 0 spiro atoms. The van der Waals surface area contributed by atoms with Crippen molar-refractivity contribution in [3.63, 3.8) is 0 Å². The van der Waals surface area contributed by atoms with Gasteiger partial charge in [0, 0.05) is 18.0 Å². The lowest BCUT2D eigenvalue weighted by Gasteiger charge is -2.27. The van der Waals surface area contributed by atoms with Gasteiger partial charge >= 0.3 is 6.09 Å². The van der Waals surface area contributed by atoms with E-state index in [-0.39, 0.29) is 11.6 Å². The largest absolute Gasteiger partial charge is 0.415 e. The first kappa shape index (κ1) is 16.5. The number of rotatable bonds is 3. The Morgan fingerprint density at radius 3 is 2.62 bits per heavy atom. The lowest BCUT2D eigenvalue weighted by atomic mass is 10.0. The fourth-order valence-electron chi connectivity index (χ4n) is 2.79. The summed E-state index contributed by atoms with van der Waals surface area (Å²) in [5, 5.41) is 0.0644. The molecule has 0 radical (unpaired) electrons. The smallest absolute Gasteiger partial charge is 0.410 e. The van der Waals surface area contributed by atoms with Crippen molar-refractivity contribution in [3.8, 4) is 16.9 Å². The van der Waals surface area contributed by atoms with Crippen molar-refractivity contribution >= 4 is 17.7 Å². The van der Waals surface area contributed by atoms with Crippen LogP contribution in [0.15, 0.2) is 54.9 Å². The number of fused-ring (bicyclic) bond motifs is 1. The topological polar surface area (TPSA) is 55.3 Å². The van der Waals surface area contributed by atoms with E-state index >= 15 is 0 Å². The molecule has 2 heterocycles. The molecule has 0 unspecified atom stereocenters. The number of carbonyl (C=O) groups is 1. The van der Waals surface area contributed by atoms with Crippen molar-refractivity contribution in [1.29, 1.82) is 0 Å². The first-order valence-electron chi connectivity index (χ1n) is 7.91. The number of benzene rings is 2. The zero-order valence-corrected chi connectivity index (χ0v) is 14.3. The molecule has 0 bridgehead atoms. The second-order valence-electron chi connectivity index (χ2n) is 5.84. The molecular weight excluding hydrogens is 357 g/mol. The second kappa shape index (κ2) is 6.72. The average Bonchev–Trinajstić information content (AvgIpc) is 2.65. The minimum Gasteiger partial charge on any atom is -0.410 e. The molecule has 2 aromatic carbocycles. The fourth-order valence-corrected chi connectivity index (χ4v) is 2.97. The quantitative estimate of drug-likeness (QED) is 0.684. The summed E-state index contributed by atoms with van der Waals surface area (Å²) < 4.78 is 18.8. The zero-order valence-electron chi connectivity index (χ0n) is 13.5. The van der Waals surface area contributed by atoms with Crippen LogP contribution in [0.25, 0.3) is 11.1 Å². The molecule has 0 aliphatic carbocycles. The maximum Gasteiger partial charge on any atom is 0.415 e. The van der Waals surface area contributed by atoms with Gasteiger partial charge in [-0.15, -0.1) is 0 Å². The fraction of sp³-hybridized carbons (Fsp3) is 0.105. The molecule has 0 saturated heterocycles. The van der Waals surface area contributed by atoms with E-state index in [1.165, 1.54) is 11.0 Å². The monoisotopic (exact) mass is 369 g/mol. The number of halogens is 2. The molecule has 7 heteroatoms. The molecule has 0 fully saturated rings.